The van der Waals surface area contributed by atoms with E-state index in [0.717, 1.165) is 42.2 Å². The van der Waals surface area contributed by atoms with E-state index in [0.29, 0.717) is 5.75 Å². The molecular weight excluding hydrogens is 374 g/mol. The molecule has 4 nitrogen and oxygen atoms in total. The summed E-state index contributed by atoms with van der Waals surface area (Å²) in [5.41, 5.74) is 4.08. The van der Waals surface area contributed by atoms with E-state index in [2.05, 4.69) is 34.2 Å². The lowest BCUT2D eigenvalue weighted by Gasteiger charge is -2.28. The zero-order valence-electron chi connectivity index (χ0n) is 15.1. The summed E-state index contributed by atoms with van der Waals surface area (Å²) in [6.45, 7) is 1.53. The van der Waals surface area contributed by atoms with Gasteiger partial charge in [-0.05, 0) is 48.8 Å². The van der Waals surface area contributed by atoms with Gasteiger partial charge in [-0.2, -0.15) is 0 Å². The van der Waals surface area contributed by atoms with Crippen LogP contribution in [-0.4, -0.2) is 33.1 Å². The van der Waals surface area contributed by atoms with Gasteiger partial charge in [0.15, 0.2) is 0 Å². The molecule has 1 aliphatic heterocycles. The van der Waals surface area contributed by atoms with Crippen LogP contribution in [0.15, 0.2) is 35.6 Å². The fourth-order valence-electron chi connectivity index (χ4n) is 4.10. The van der Waals surface area contributed by atoms with E-state index in [1.165, 1.54) is 39.8 Å². The number of carbonyl (C=O) groups excluding carboxylic acids is 1. The topological polar surface area (TPSA) is 46.1 Å². The molecule has 0 spiro atoms. The number of thiophene rings is 1. The lowest BCUT2D eigenvalue weighted by molar-refractivity contribution is -0.129. The molecule has 0 saturated heterocycles. The van der Waals surface area contributed by atoms with Gasteiger partial charge in [0, 0.05) is 23.4 Å². The average Bonchev–Trinajstić information content (AvgIpc) is 3.11. The Balaban J connectivity index is 1.33. The minimum absolute atomic E-state index is 0.199. The Morgan fingerprint density at radius 2 is 1.96 bits per heavy atom. The first kappa shape index (κ1) is 17.2. The van der Waals surface area contributed by atoms with Crippen LogP contribution in [-0.2, 0) is 30.6 Å². The number of aromatic nitrogens is 2. The summed E-state index contributed by atoms with van der Waals surface area (Å²) in [7, 11) is 0. The molecule has 1 aromatic carbocycles. The molecule has 27 heavy (non-hydrogen) atoms. The van der Waals surface area contributed by atoms with E-state index in [9.17, 15) is 4.79 Å². The van der Waals surface area contributed by atoms with Gasteiger partial charge in [-0.3, -0.25) is 4.79 Å². The third kappa shape index (κ3) is 3.25. The third-order valence-electron chi connectivity index (χ3n) is 5.53. The molecular formula is C21H21N3OS2. The number of hydrogen-bond acceptors (Lipinski definition) is 5. The average molecular weight is 396 g/mol. The van der Waals surface area contributed by atoms with Crippen LogP contribution in [0.3, 0.4) is 0 Å². The molecule has 0 N–H and O–H groups in total. The highest BCUT2D eigenvalue weighted by molar-refractivity contribution is 8.00. The van der Waals surface area contributed by atoms with Gasteiger partial charge in [-0.25, -0.2) is 9.97 Å². The van der Waals surface area contributed by atoms with Crippen molar-refractivity contribution in [2.75, 3.05) is 12.3 Å². The molecule has 1 aliphatic carbocycles. The van der Waals surface area contributed by atoms with Crippen LogP contribution in [0.4, 0.5) is 0 Å². The van der Waals surface area contributed by atoms with Gasteiger partial charge in [0.25, 0.3) is 0 Å². The quantitative estimate of drug-likeness (QED) is 0.491. The maximum absolute atomic E-state index is 12.8. The number of carbonyl (C=O) groups is 1. The van der Waals surface area contributed by atoms with Crippen molar-refractivity contribution < 1.29 is 4.79 Å². The van der Waals surface area contributed by atoms with E-state index in [-0.39, 0.29) is 5.91 Å². The summed E-state index contributed by atoms with van der Waals surface area (Å²) < 4.78 is 0. The molecule has 138 valence electrons. The zero-order valence-corrected chi connectivity index (χ0v) is 16.7. The number of hydrogen-bond donors (Lipinski definition) is 0. The molecule has 0 radical (unpaired) electrons. The Hall–Kier alpha value is -1.92. The molecule has 0 atom stereocenters. The Kier molecular flexibility index (Phi) is 4.61. The van der Waals surface area contributed by atoms with Crippen molar-refractivity contribution >= 4 is 39.2 Å². The van der Waals surface area contributed by atoms with Crippen LogP contribution >= 0.6 is 23.1 Å². The highest BCUT2D eigenvalue weighted by Crippen LogP contribution is 2.39. The summed E-state index contributed by atoms with van der Waals surface area (Å²) in [5.74, 6) is 0.643. The first-order valence-corrected chi connectivity index (χ1v) is 11.3. The summed E-state index contributed by atoms with van der Waals surface area (Å²) in [5, 5.41) is 2.18. The van der Waals surface area contributed by atoms with Crippen LogP contribution < -0.4 is 0 Å². The molecule has 2 aromatic heterocycles. The van der Waals surface area contributed by atoms with Gasteiger partial charge in [0.2, 0.25) is 5.91 Å². The number of rotatable bonds is 3. The first-order valence-electron chi connectivity index (χ1n) is 9.52. The van der Waals surface area contributed by atoms with Gasteiger partial charge in [-0.1, -0.05) is 36.0 Å². The molecule has 0 fully saturated rings. The fraction of sp³-hybridized carbons (Fsp3) is 0.381. The van der Waals surface area contributed by atoms with E-state index in [1.807, 2.05) is 16.2 Å². The number of benzene rings is 1. The van der Waals surface area contributed by atoms with Gasteiger partial charge < -0.3 is 4.90 Å². The second-order valence-electron chi connectivity index (χ2n) is 7.19. The predicted molar refractivity (Wildman–Crippen MR) is 110 cm³/mol. The molecule has 2 aliphatic rings. The van der Waals surface area contributed by atoms with Crippen LogP contribution in [0.25, 0.3) is 10.2 Å². The van der Waals surface area contributed by atoms with Crippen molar-refractivity contribution in [2.24, 2.45) is 0 Å². The second-order valence-corrected chi connectivity index (χ2v) is 9.24. The van der Waals surface area contributed by atoms with Crippen molar-refractivity contribution in [3.05, 3.63) is 52.2 Å². The van der Waals surface area contributed by atoms with E-state index in [1.54, 1.807) is 18.1 Å². The van der Waals surface area contributed by atoms with Gasteiger partial charge in [0.1, 0.15) is 16.2 Å². The van der Waals surface area contributed by atoms with Crippen molar-refractivity contribution in [1.29, 1.82) is 0 Å². The van der Waals surface area contributed by atoms with Crippen molar-refractivity contribution in [1.82, 2.24) is 14.9 Å². The van der Waals surface area contributed by atoms with Gasteiger partial charge in [0.05, 0.1) is 5.75 Å². The Labute approximate surface area is 167 Å². The monoisotopic (exact) mass is 395 g/mol. The minimum atomic E-state index is 0.199. The maximum atomic E-state index is 12.8. The molecule has 0 bridgehead atoms. The Bertz CT molecular complexity index is 1010. The van der Waals surface area contributed by atoms with Crippen LogP contribution in [0, 0.1) is 0 Å². The SMILES string of the molecule is O=C(CSc1ncnc2sc3c(c12)CCCC3)N1CCc2ccccc2C1. The molecule has 0 unspecified atom stereocenters. The van der Waals surface area contributed by atoms with Gasteiger partial charge in [-0.15, -0.1) is 11.3 Å². The third-order valence-corrected chi connectivity index (χ3v) is 7.71. The van der Waals surface area contributed by atoms with Crippen LogP contribution in [0.5, 0.6) is 0 Å². The fourth-order valence-corrected chi connectivity index (χ4v) is 6.32. The summed E-state index contributed by atoms with van der Waals surface area (Å²) in [4.78, 5) is 26.4. The minimum Gasteiger partial charge on any atom is -0.337 e. The number of thioether (sulfide) groups is 1. The van der Waals surface area contributed by atoms with E-state index < -0.39 is 0 Å². The number of fused-ring (bicyclic) bond motifs is 4. The van der Waals surface area contributed by atoms with E-state index >= 15 is 0 Å². The molecule has 1 amide bonds. The highest BCUT2D eigenvalue weighted by atomic mass is 32.2. The zero-order chi connectivity index (χ0) is 18.2. The van der Waals surface area contributed by atoms with Crippen molar-refractivity contribution in [3.8, 4) is 0 Å². The predicted octanol–water partition coefficient (Wildman–Crippen LogP) is 4.25. The van der Waals surface area contributed by atoms with Crippen LogP contribution in [0.2, 0.25) is 0 Å². The highest BCUT2D eigenvalue weighted by Gasteiger charge is 2.23. The Morgan fingerprint density at radius 1 is 1.11 bits per heavy atom. The summed E-state index contributed by atoms with van der Waals surface area (Å²) >= 11 is 3.38. The smallest absolute Gasteiger partial charge is 0.233 e. The summed E-state index contributed by atoms with van der Waals surface area (Å²) in [6.07, 6.45) is 7.38. The van der Waals surface area contributed by atoms with Crippen molar-refractivity contribution in [3.63, 3.8) is 0 Å². The number of amides is 1. The molecule has 0 saturated carbocycles. The largest absolute Gasteiger partial charge is 0.337 e. The van der Waals surface area contributed by atoms with Crippen LogP contribution in [0.1, 0.15) is 34.4 Å². The standard InChI is InChI=1S/C21H21N3OS2/c25-18(24-10-9-14-5-1-2-6-15(14)11-24)12-26-20-19-16-7-3-4-8-17(16)27-21(19)23-13-22-20/h1-2,5-6,13H,3-4,7-12H2. The molecule has 3 aromatic rings. The van der Waals surface area contributed by atoms with Gasteiger partial charge >= 0.3 is 0 Å². The first-order chi connectivity index (χ1) is 13.3. The second kappa shape index (κ2) is 7.24. The number of nitrogens with zero attached hydrogens (tertiary/aromatic N) is 3. The normalized spacial score (nSPS) is 16.2. The Morgan fingerprint density at radius 3 is 2.89 bits per heavy atom. The lowest BCUT2D eigenvalue weighted by Crippen LogP contribution is -2.37. The molecule has 3 heterocycles. The molecule has 5 rings (SSSR count). The number of aryl methyl sites for hydroxylation is 2. The summed E-state index contributed by atoms with van der Waals surface area (Å²) in [6, 6.07) is 8.43. The molecule has 6 heteroatoms. The lowest BCUT2D eigenvalue weighted by atomic mass is 9.97. The van der Waals surface area contributed by atoms with Crippen molar-refractivity contribution in [2.45, 2.75) is 43.7 Å². The van der Waals surface area contributed by atoms with E-state index in [4.69, 9.17) is 0 Å². The maximum Gasteiger partial charge on any atom is 0.233 e.